The van der Waals surface area contributed by atoms with Crippen molar-refractivity contribution in [1.82, 2.24) is 0 Å². The van der Waals surface area contributed by atoms with E-state index in [-0.39, 0.29) is 32.7 Å². The molecule has 53 valence electrons. The molecule has 0 atom stereocenters. The molecule has 0 spiro atoms. The normalized spacial score (nSPS) is 11.3. The van der Waals surface area contributed by atoms with Crippen LogP contribution in [0.3, 0.4) is 0 Å². The van der Waals surface area contributed by atoms with Crippen molar-refractivity contribution in [3.05, 3.63) is 6.92 Å². The van der Waals surface area contributed by atoms with Gasteiger partial charge in [0.15, 0.2) is 0 Å². The second kappa shape index (κ2) is 4.85. The Bertz CT molecular complexity index is 65.0. The molecule has 0 aromatic heterocycles. The first-order valence-electron chi connectivity index (χ1n) is 3.30. The minimum Gasteiger partial charge on any atom is -0.343 e. The molecule has 0 saturated carbocycles. The topological polar surface area (TPSA) is 0 Å². The van der Waals surface area contributed by atoms with Gasteiger partial charge in [0.05, 0.1) is 0 Å². The minimum absolute atomic E-state index is 0. The quantitative estimate of drug-likeness (QED) is 0.604. The summed E-state index contributed by atoms with van der Waals surface area (Å²) >= 11 is 0. The molecule has 0 aliphatic heterocycles. The summed E-state index contributed by atoms with van der Waals surface area (Å²) in [6, 6.07) is 0. The molecule has 0 aromatic carbocycles. The van der Waals surface area contributed by atoms with E-state index < -0.39 is 0 Å². The summed E-state index contributed by atoms with van der Waals surface area (Å²) in [5, 5.41) is 0. The second-order valence-corrected chi connectivity index (χ2v) is 3.39. The number of hydrogen-bond donors (Lipinski definition) is 0. The number of hydrogen-bond acceptors (Lipinski definition) is 0. The van der Waals surface area contributed by atoms with Crippen LogP contribution in [0.4, 0.5) is 0 Å². The minimum atomic E-state index is 0. The van der Waals surface area contributed by atoms with Gasteiger partial charge in [-0.15, -0.1) is 0 Å². The van der Waals surface area contributed by atoms with Crippen molar-refractivity contribution in [2.75, 3.05) is 0 Å². The molecule has 0 rings (SSSR count). The molecular weight excluding hydrogens is 185 g/mol. The molecule has 0 bridgehead atoms. The Balaban J connectivity index is 0. The van der Waals surface area contributed by atoms with Gasteiger partial charge in [0.2, 0.25) is 0 Å². The van der Waals surface area contributed by atoms with E-state index in [0.717, 1.165) is 12.3 Å². The number of rotatable bonds is 2. The van der Waals surface area contributed by atoms with Crippen LogP contribution in [0.25, 0.3) is 0 Å². The van der Waals surface area contributed by atoms with Crippen LogP contribution in [0.1, 0.15) is 34.1 Å². The van der Waals surface area contributed by atoms with Crippen LogP contribution in [0.2, 0.25) is 0 Å². The molecule has 0 aliphatic carbocycles. The van der Waals surface area contributed by atoms with Crippen LogP contribution in [0.5, 0.6) is 0 Å². The average molecular weight is 202 g/mol. The van der Waals surface area contributed by atoms with Gasteiger partial charge in [-0.3, -0.25) is 0 Å². The smallest absolute Gasteiger partial charge is 0 e. The Morgan fingerprint density at radius 1 is 1.33 bits per heavy atom. The zero-order valence-corrected chi connectivity index (χ0v) is 9.91. The summed E-state index contributed by atoms with van der Waals surface area (Å²) in [6.07, 6.45) is 1.03. The molecule has 1 radical (unpaired) electrons. The predicted octanol–water partition coefficient (Wildman–Crippen LogP) is 2.89. The van der Waals surface area contributed by atoms with E-state index in [4.69, 9.17) is 0 Å². The summed E-state index contributed by atoms with van der Waals surface area (Å²) in [4.78, 5) is 0. The summed E-state index contributed by atoms with van der Waals surface area (Å²) in [5.41, 5.74) is 0.431. The van der Waals surface area contributed by atoms with Gasteiger partial charge in [-0.25, -0.2) is 0 Å². The Hall–Kier alpha value is 1.10. The van der Waals surface area contributed by atoms with Crippen LogP contribution in [0.15, 0.2) is 0 Å². The van der Waals surface area contributed by atoms with E-state index in [1.54, 1.807) is 0 Å². The van der Waals surface area contributed by atoms with Gasteiger partial charge in [0.1, 0.15) is 0 Å². The van der Waals surface area contributed by atoms with E-state index in [2.05, 4.69) is 34.6 Å². The van der Waals surface area contributed by atoms with Crippen LogP contribution in [0, 0.1) is 18.3 Å². The van der Waals surface area contributed by atoms with Crippen LogP contribution in [-0.4, -0.2) is 0 Å². The fraction of sp³-hybridized carbons (Fsp3) is 0.875. The van der Waals surface area contributed by atoms with E-state index in [0.29, 0.717) is 5.41 Å². The molecule has 0 unspecified atom stereocenters. The van der Waals surface area contributed by atoms with E-state index in [1.807, 2.05) is 0 Å². The van der Waals surface area contributed by atoms with Crippen LogP contribution < -0.4 is 0 Å². The fourth-order valence-corrected chi connectivity index (χ4v) is 0.289. The van der Waals surface area contributed by atoms with Crippen molar-refractivity contribution in [3.63, 3.8) is 0 Å². The molecule has 1 heteroatoms. The molecule has 0 saturated heterocycles. The van der Waals surface area contributed by atoms with E-state index in [9.17, 15) is 0 Å². The van der Waals surface area contributed by atoms with Crippen LogP contribution >= 0.6 is 0 Å². The molecule has 0 nitrogen and oxygen atoms in total. The first-order valence-corrected chi connectivity index (χ1v) is 3.30. The maximum atomic E-state index is 3.88. The van der Waals surface area contributed by atoms with Crippen molar-refractivity contribution < 1.29 is 32.7 Å². The molecule has 0 amide bonds. The van der Waals surface area contributed by atoms with Gasteiger partial charge in [0, 0.05) is 32.7 Å². The Morgan fingerprint density at radius 3 is 1.67 bits per heavy atom. The molecule has 0 N–H and O–H groups in total. The third-order valence-electron chi connectivity index (χ3n) is 2.21. The van der Waals surface area contributed by atoms with Gasteiger partial charge in [-0.1, -0.05) is 33.1 Å². The zero-order chi connectivity index (χ0) is 6.78. The first kappa shape index (κ1) is 12.8. The second-order valence-electron chi connectivity index (χ2n) is 3.39. The summed E-state index contributed by atoms with van der Waals surface area (Å²) in [5.74, 6) is 0.750. The average Bonchev–Trinajstić information content (AvgIpc) is 1.67. The van der Waals surface area contributed by atoms with E-state index in [1.165, 1.54) is 0 Å². The van der Waals surface area contributed by atoms with Gasteiger partial charge in [-0.05, 0) is 5.92 Å². The maximum absolute atomic E-state index is 3.88. The fourth-order valence-electron chi connectivity index (χ4n) is 0.289. The summed E-state index contributed by atoms with van der Waals surface area (Å²) in [6.45, 7) is 12.9. The van der Waals surface area contributed by atoms with Gasteiger partial charge in [0.25, 0.3) is 0 Å². The van der Waals surface area contributed by atoms with Crippen LogP contribution in [-0.2, 0) is 32.7 Å². The molecule has 0 heterocycles. The Labute approximate surface area is 84.7 Å². The first-order chi connectivity index (χ1) is 3.50. The van der Waals surface area contributed by atoms with Gasteiger partial charge >= 0.3 is 0 Å². The molecule has 9 heavy (non-hydrogen) atoms. The SMILES string of the molecule is [CH2-]CC(C)(C)C(C)C.[Y]. The standard InChI is InChI=1S/C8H17.Y/c1-6-8(4,5)7(2)3;/h7H,1,6H2,2-5H3;/q-1;. The summed E-state index contributed by atoms with van der Waals surface area (Å²) < 4.78 is 0. The largest absolute Gasteiger partial charge is 0.343 e. The van der Waals surface area contributed by atoms with E-state index >= 15 is 0 Å². The van der Waals surface area contributed by atoms with Crippen molar-refractivity contribution in [2.45, 2.75) is 34.1 Å². The van der Waals surface area contributed by atoms with Crippen molar-refractivity contribution in [3.8, 4) is 0 Å². The van der Waals surface area contributed by atoms with Gasteiger partial charge in [-0.2, -0.15) is 6.42 Å². The monoisotopic (exact) mass is 202 g/mol. The molecule has 0 fully saturated rings. The van der Waals surface area contributed by atoms with Gasteiger partial charge < -0.3 is 6.92 Å². The van der Waals surface area contributed by atoms with Crippen molar-refractivity contribution >= 4 is 0 Å². The Morgan fingerprint density at radius 2 is 1.67 bits per heavy atom. The van der Waals surface area contributed by atoms with Crippen molar-refractivity contribution in [1.29, 1.82) is 0 Å². The van der Waals surface area contributed by atoms with Crippen molar-refractivity contribution in [2.24, 2.45) is 11.3 Å². The zero-order valence-electron chi connectivity index (χ0n) is 7.07. The molecular formula is C8H17Y-. The predicted molar refractivity (Wildman–Crippen MR) is 38.6 cm³/mol. The third kappa shape index (κ3) is 4.50. The third-order valence-corrected chi connectivity index (χ3v) is 2.21. The Kier molecular flexibility index (Phi) is 6.87. The molecule has 0 aliphatic rings. The summed E-state index contributed by atoms with van der Waals surface area (Å²) in [7, 11) is 0. The maximum Gasteiger partial charge on any atom is 0 e. The molecule has 0 aromatic rings.